The monoisotopic (exact) mass is 504 g/mol. The lowest BCUT2D eigenvalue weighted by Crippen LogP contribution is -1.93. The van der Waals surface area contributed by atoms with E-state index in [-0.39, 0.29) is 0 Å². The molecule has 40 heavy (non-hydrogen) atoms. The van der Waals surface area contributed by atoms with Gasteiger partial charge in [-0.05, 0) is 86.9 Å². The van der Waals surface area contributed by atoms with Gasteiger partial charge in [-0.25, -0.2) is 0 Å². The predicted molar refractivity (Wildman–Crippen MR) is 174 cm³/mol. The largest absolute Gasteiger partial charge is 0.0622 e. The highest BCUT2D eigenvalue weighted by atomic mass is 14.2. The van der Waals surface area contributed by atoms with Crippen LogP contribution < -0.4 is 0 Å². The molecule has 184 valence electrons. The number of benzene rings is 9. The first kappa shape index (κ1) is 21.7. The maximum Gasteiger partial charge on any atom is -0.00137 e. The van der Waals surface area contributed by atoms with E-state index in [0.717, 1.165) is 0 Å². The zero-order valence-corrected chi connectivity index (χ0v) is 21.9. The van der Waals surface area contributed by atoms with Crippen molar-refractivity contribution >= 4 is 64.6 Å². The summed E-state index contributed by atoms with van der Waals surface area (Å²) in [7, 11) is 0. The van der Waals surface area contributed by atoms with Crippen LogP contribution in [-0.4, -0.2) is 0 Å². The van der Waals surface area contributed by atoms with Crippen LogP contribution in [0.25, 0.3) is 86.9 Å². The Labute approximate surface area is 232 Å². The van der Waals surface area contributed by atoms with Crippen molar-refractivity contribution in [1.82, 2.24) is 0 Å². The van der Waals surface area contributed by atoms with Gasteiger partial charge in [0.2, 0.25) is 0 Å². The van der Waals surface area contributed by atoms with Crippen molar-refractivity contribution < 1.29 is 0 Å². The Bertz CT molecular complexity index is 2410. The highest BCUT2D eigenvalue weighted by molar-refractivity contribution is 6.40. The third-order valence-corrected chi connectivity index (χ3v) is 8.79. The summed E-state index contributed by atoms with van der Waals surface area (Å²) in [6.07, 6.45) is 0. The van der Waals surface area contributed by atoms with Crippen molar-refractivity contribution in [1.29, 1.82) is 0 Å². The van der Waals surface area contributed by atoms with E-state index in [1.807, 2.05) is 0 Å². The Morgan fingerprint density at radius 2 is 0.725 bits per heavy atom. The molecule has 0 heteroatoms. The molecule has 0 unspecified atom stereocenters. The highest BCUT2D eigenvalue weighted by Crippen LogP contribution is 2.49. The van der Waals surface area contributed by atoms with Gasteiger partial charge in [0.25, 0.3) is 0 Å². The zero-order chi connectivity index (χ0) is 26.2. The Balaban J connectivity index is 1.51. The van der Waals surface area contributed by atoms with Crippen molar-refractivity contribution in [3.63, 3.8) is 0 Å². The normalized spacial score (nSPS) is 12.0. The SMILES string of the molecule is c1ccc(-c2ccc(-c3c4ccccc4c4c5cccc6cccc(c7cccc3c74)c65)c3ccccc23)cc1. The highest BCUT2D eigenvalue weighted by Gasteiger charge is 2.20. The lowest BCUT2D eigenvalue weighted by atomic mass is 9.82. The molecule has 0 aliphatic carbocycles. The van der Waals surface area contributed by atoms with Gasteiger partial charge in [0.15, 0.2) is 0 Å². The molecule has 9 aromatic carbocycles. The van der Waals surface area contributed by atoms with Gasteiger partial charge in [-0.15, -0.1) is 0 Å². The molecular weight excluding hydrogens is 480 g/mol. The Kier molecular flexibility index (Phi) is 4.42. The van der Waals surface area contributed by atoms with E-state index in [1.54, 1.807) is 0 Å². The van der Waals surface area contributed by atoms with E-state index in [1.165, 1.54) is 86.9 Å². The molecule has 0 radical (unpaired) electrons. The van der Waals surface area contributed by atoms with Crippen molar-refractivity contribution in [2.24, 2.45) is 0 Å². The van der Waals surface area contributed by atoms with Crippen LogP contribution in [0.2, 0.25) is 0 Å². The molecule has 0 atom stereocenters. The molecule has 0 saturated carbocycles. The number of fused-ring (bicyclic) bond motifs is 5. The molecule has 0 aromatic heterocycles. The molecule has 9 rings (SSSR count). The van der Waals surface area contributed by atoms with Crippen LogP contribution in [0.3, 0.4) is 0 Å². The third-order valence-electron chi connectivity index (χ3n) is 8.79. The predicted octanol–water partition coefficient (Wildman–Crippen LogP) is 11.4. The van der Waals surface area contributed by atoms with Crippen molar-refractivity contribution in [2.45, 2.75) is 0 Å². The number of hydrogen-bond acceptors (Lipinski definition) is 0. The summed E-state index contributed by atoms with van der Waals surface area (Å²) in [4.78, 5) is 0. The Morgan fingerprint density at radius 3 is 1.50 bits per heavy atom. The van der Waals surface area contributed by atoms with E-state index in [9.17, 15) is 0 Å². The molecule has 0 amide bonds. The number of rotatable bonds is 2. The summed E-state index contributed by atoms with van der Waals surface area (Å²) < 4.78 is 0. The van der Waals surface area contributed by atoms with Crippen LogP contribution in [-0.2, 0) is 0 Å². The summed E-state index contributed by atoms with van der Waals surface area (Å²) in [5.41, 5.74) is 5.12. The van der Waals surface area contributed by atoms with E-state index in [2.05, 4.69) is 146 Å². The fourth-order valence-electron chi connectivity index (χ4n) is 7.18. The standard InChI is InChI=1S/C40H24/c1-2-11-25(12-3-1)27-23-24-34(29-16-5-4-15-28(27)29)38-31-17-6-7-18-32(31)39-35-21-9-14-26-13-8-19-30(37(26)35)33-20-10-22-36(38)40(33)39/h1-24H. The molecule has 0 spiro atoms. The zero-order valence-electron chi connectivity index (χ0n) is 21.9. The molecule has 0 bridgehead atoms. The van der Waals surface area contributed by atoms with Crippen molar-refractivity contribution in [3.05, 3.63) is 146 Å². The van der Waals surface area contributed by atoms with Gasteiger partial charge in [0.05, 0.1) is 0 Å². The fraction of sp³-hybridized carbons (Fsp3) is 0. The quantitative estimate of drug-likeness (QED) is 0.162. The first-order valence-electron chi connectivity index (χ1n) is 14.0. The number of hydrogen-bond donors (Lipinski definition) is 0. The average molecular weight is 505 g/mol. The van der Waals surface area contributed by atoms with E-state index in [0.29, 0.717) is 0 Å². The first-order chi connectivity index (χ1) is 19.9. The summed E-state index contributed by atoms with van der Waals surface area (Å²) in [5, 5.41) is 15.9. The molecule has 9 aromatic rings. The van der Waals surface area contributed by atoms with Crippen LogP contribution in [0.1, 0.15) is 0 Å². The van der Waals surface area contributed by atoms with E-state index >= 15 is 0 Å². The molecule has 0 fully saturated rings. The van der Waals surface area contributed by atoms with Crippen molar-refractivity contribution in [2.75, 3.05) is 0 Å². The summed E-state index contributed by atoms with van der Waals surface area (Å²) >= 11 is 0. The smallest absolute Gasteiger partial charge is 0.00137 e. The Morgan fingerprint density at radius 1 is 0.250 bits per heavy atom. The van der Waals surface area contributed by atoms with Crippen LogP contribution in [0, 0.1) is 0 Å². The van der Waals surface area contributed by atoms with Gasteiger partial charge in [-0.2, -0.15) is 0 Å². The van der Waals surface area contributed by atoms with Gasteiger partial charge in [0, 0.05) is 0 Å². The summed E-state index contributed by atoms with van der Waals surface area (Å²) in [6, 6.07) is 53.7. The topological polar surface area (TPSA) is 0 Å². The van der Waals surface area contributed by atoms with Gasteiger partial charge in [-0.3, -0.25) is 0 Å². The van der Waals surface area contributed by atoms with Gasteiger partial charge in [-0.1, -0.05) is 146 Å². The second-order valence-corrected chi connectivity index (χ2v) is 10.8. The third kappa shape index (κ3) is 2.85. The minimum Gasteiger partial charge on any atom is -0.0622 e. The van der Waals surface area contributed by atoms with Crippen LogP contribution in [0.15, 0.2) is 146 Å². The fourth-order valence-corrected chi connectivity index (χ4v) is 7.18. The summed E-state index contributed by atoms with van der Waals surface area (Å²) in [6.45, 7) is 0. The lowest BCUT2D eigenvalue weighted by molar-refractivity contribution is 1.65. The molecular formula is C40H24. The van der Waals surface area contributed by atoms with E-state index < -0.39 is 0 Å². The lowest BCUT2D eigenvalue weighted by Gasteiger charge is -2.21. The van der Waals surface area contributed by atoms with Gasteiger partial charge < -0.3 is 0 Å². The molecule has 0 heterocycles. The second kappa shape index (κ2) is 8.15. The van der Waals surface area contributed by atoms with Crippen LogP contribution in [0.4, 0.5) is 0 Å². The molecule has 0 aliphatic heterocycles. The first-order valence-corrected chi connectivity index (χ1v) is 14.0. The van der Waals surface area contributed by atoms with Gasteiger partial charge in [0.1, 0.15) is 0 Å². The van der Waals surface area contributed by atoms with Gasteiger partial charge >= 0.3 is 0 Å². The maximum atomic E-state index is 2.35. The van der Waals surface area contributed by atoms with Crippen LogP contribution >= 0.6 is 0 Å². The van der Waals surface area contributed by atoms with E-state index in [4.69, 9.17) is 0 Å². The average Bonchev–Trinajstić information content (AvgIpc) is 3.03. The Hall–Kier alpha value is -5.20. The summed E-state index contributed by atoms with van der Waals surface area (Å²) in [5.74, 6) is 0. The van der Waals surface area contributed by atoms with Crippen LogP contribution in [0.5, 0.6) is 0 Å². The molecule has 0 aliphatic rings. The molecule has 0 saturated heterocycles. The minimum atomic E-state index is 1.25. The second-order valence-electron chi connectivity index (χ2n) is 10.8. The molecule has 0 N–H and O–H groups in total. The van der Waals surface area contributed by atoms with Crippen molar-refractivity contribution in [3.8, 4) is 22.3 Å². The molecule has 0 nitrogen and oxygen atoms in total. The minimum absolute atomic E-state index is 1.25. The maximum absolute atomic E-state index is 2.35.